The van der Waals surface area contributed by atoms with Crippen molar-refractivity contribution in [1.29, 1.82) is 0 Å². The second-order valence-electron chi connectivity index (χ2n) is 1.93. The maximum atomic E-state index is 10.3. The predicted molar refractivity (Wildman–Crippen MR) is 38.7 cm³/mol. The summed E-state index contributed by atoms with van der Waals surface area (Å²) in [6.07, 6.45) is 0.0139. The highest BCUT2D eigenvalue weighted by atomic mass is 16.4. The summed E-state index contributed by atoms with van der Waals surface area (Å²) in [5, 5.41) is 9.63. The van der Waals surface area contributed by atoms with Crippen molar-refractivity contribution in [3.63, 3.8) is 0 Å². The molecule has 1 amide bonds. The normalized spacial score (nSPS) is 9.40. The fourth-order valence-electron chi connectivity index (χ4n) is 0.561. The molecule has 0 bridgehead atoms. The quantitative estimate of drug-likeness (QED) is 0.579. The third-order valence-electron chi connectivity index (χ3n) is 1.10. The highest BCUT2D eigenvalue weighted by Gasteiger charge is 2.05. The highest BCUT2D eigenvalue weighted by molar-refractivity contribution is 5.64. The van der Waals surface area contributed by atoms with Crippen LogP contribution in [0.25, 0.3) is 0 Å². The number of hydrogen-bond donors (Lipinski definition) is 2. The molecule has 60 valence electrons. The third-order valence-corrected chi connectivity index (χ3v) is 1.10. The van der Waals surface area contributed by atoms with Crippen LogP contribution in [0.2, 0.25) is 0 Å². The number of hydrogen-bond acceptors (Lipinski definition) is 2. The number of rotatable bonds is 4. The molecule has 0 heterocycles. The molecule has 2 N–H and O–H groups in total. The Hall–Kier alpha value is -0.770. The van der Waals surface area contributed by atoms with E-state index in [1.165, 1.54) is 5.01 Å². The number of carboxylic acid groups (broad SMARTS) is 1. The molecule has 0 aromatic heterocycles. The summed E-state index contributed by atoms with van der Waals surface area (Å²) in [5.74, 6) is 0. The standard InChI is InChI=1S/C6H14N2O2/c1-3-5-7-8(4-2)6(9)10/h7H,3-5H2,1-2H3,(H,9,10). The van der Waals surface area contributed by atoms with Crippen LogP contribution < -0.4 is 5.43 Å². The Morgan fingerprint density at radius 2 is 2.20 bits per heavy atom. The molecule has 0 aromatic rings. The van der Waals surface area contributed by atoms with E-state index in [0.717, 1.165) is 6.42 Å². The molecular formula is C6H14N2O2. The van der Waals surface area contributed by atoms with Gasteiger partial charge in [0.25, 0.3) is 0 Å². The molecule has 4 heteroatoms. The average molecular weight is 146 g/mol. The molecular weight excluding hydrogens is 132 g/mol. The lowest BCUT2D eigenvalue weighted by Gasteiger charge is -2.16. The first-order valence-electron chi connectivity index (χ1n) is 3.46. The molecule has 0 unspecified atom stereocenters. The zero-order valence-corrected chi connectivity index (χ0v) is 6.42. The minimum Gasteiger partial charge on any atom is -0.464 e. The Morgan fingerprint density at radius 3 is 2.50 bits per heavy atom. The predicted octanol–water partition coefficient (Wildman–Crippen LogP) is 0.901. The van der Waals surface area contributed by atoms with E-state index >= 15 is 0 Å². The van der Waals surface area contributed by atoms with Gasteiger partial charge >= 0.3 is 6.09 Å². The van der Waals surface area contributed by atoms with Gasteiger partial charge in [0.2, 0.25) is 0 Å². The summed E-state index contributed by atoms with van der Waals surface area (Å²) < 4.78 is 0. The first kappa shape index (κ1) is 9.23. The van der Waals surface area contributed by atoms with Crippen LogP contribution in [-0.4, -0.2) is 29.3 Å². The van der Waals surface area contributed by atoms with Gasteiger partial charge in [-0.05, 0) is 13.3 Å². The van der Waals surface area contributed by atoms with Crippen molar-refractivity contribution in [2.45, 2.75) is 20.3 Å². The van der Waals surface area contributed by atoms with Crippen LogP contribution in [0.3, 0.4) is 0 Å². The van der Waals surface area contributed by atoms with Crippen LogP contribution >= 0.6 is 0 Å². The van der Waals surface area contributed by atoms with Crippen molar-refractivity contribution in [1.82, 2.24) is 10.4 Å². The lowest BCUT2D eigenvalue weighted by atomic mass is 10.5. The molecule has 0 spiro atoms. The molecule has 0 aliphatic heterocycles. The van der Waals surface area contributed by atoms with Crippen molar-refractivity contribution in [2.75, 3.05) is 13.1 Å². The van der Waals surface area contributed by atoms with Crippen LogP contribution in [0, 0.1) is 0 Å². The van der Waals surface area contributed by atoms with Gasteiger partial charge in [0.05, 0.1) is 0 Å². The van der Waals surface area contributed by atoms with Gasteiger partial charge in [-0.15, -0.1) is 0 Å². The van der Waals surface area contributed by atoms with Crippen molar-refractivity contribution in [3.05, 3.63) is 0 Å². The van der Waals surface area contributed by atoms with Gasteiger partial charge < -0.3 is 5.11 Å². The summed E-state index contributed by atoms with van der Waals surface area (Å²) in [6.45, 7) is 4.97. The smallest absolute Gasteiger partial charge is 0.421 e. The van der Waals surface area contributed by atoms with Gasteiger partial charge in [0.1, 0.15) is 0 Å². The van der Waals surface area contributed by atoms with E-state index in [2.05, 4.69) is 5.43 Å². The second-order valence-corrected chi connectivity index (χ2v) is 1.93. The fraction of sp³-hybridized carbons (Fsp3) is 0.833. The number of amides is 1. The van der Waals surface area contributed by atoms with Crippen LogP contribution in [0.4, 0.5) is 4.79 Å². The van der Waals surface area contributed by atoms with E-state index in [0.29, 0.717) is 13.1 Å². The molecule has 0 rings (SSSR count). The molecule has 0 atom stereocenters. The molecule has 10 heavy (non-hydrogen) atoms. The van der Waals surface area contributed by atoms with Crippen molar-refractivity contribution < 1.29 is 9.90 Å². The maximum absolute atomic E-state index is 10.3. The summed E-state index contributed by atoms with van der Waals surface area (Å²) >= 11 is 0. The Balaban J connectivity index is 3.50. The van der Waals surface area contributed by atoms with E-state index in [-0.39, 0.29) is 0 Å². The molecule has 0 radical (unpaired) electrons. The monoisotopic (exact) mass is 146 g/mol. The largest absolute Gasteiger partial charge is 0.464 e. The zero-order valence-electron chi connectivity index (χ0n) is 6.42. The van der Waals surface area contributed by atoms with Gasteiger partial charge in [-0.2, -0.15) is 0 Å². The first-order valence-corrected chi connectivity index (χ1v) is 3.46. The number of carbonyl (C=O) groups is 1. The van der Waals surface area contributed by atoms with Gasteiger partial charge in [0, 0.05) is 13.1 Å². The Bertz CT molecular complexity index is 106. The van der Waals surface area contributed by atoms with Crippen LogP contribution in [-0.2, 0) is 0 Å². The van der Waals surface area contributed by atoms with Gasteiger partial charge in [0.15, 0.2) is 0 Å². The molecule has 0 aliphatic carbocycles. The molecule has 0 fully saturated rings. The lowest BCUT2D eigenvalue weighted by molar-refractivity contribution is 0.123. The van der Waals surface area contributed by atoms with Crippen molar-refractivity contribution >= 4 is 6.09 Å². The average Bonchev–Trinajstić information content (AvgIpc) is 1.89. The topological polar surface area (TPSA) is 52.6 Å². The maximum Gasteiger partial charge on any atom is 0.421 e. The van der Waals surface area contributed by atoms with E-state index in [9.17, 15) is 4.79 Å². The minimum absolute atomic E-state index is 0.481. The molecule has 0 saturated heterocycles. The first-order chi connectivity index (χ1) is 4.72. The van der Waals surface area contributed by atoms with E-state index in [1.54, 1.807) is 6.92 Å². The van der Waals surface area contributed by atoms with Gasteiger partial charge in [-0.1, -0.05) is 6.92 Å². The van der Waals surface area contributed by atoms with E-state index < -0.39 is 6.09 Å². The second kappa shape index (κ2) is 5.05. The lowest BCUT2D eigenvalue weighted by Crippen LogP contribution is -2.42. The minimum atomic E-state index is -0.920. The van der Waals surface area contributed by atoms with Gasteiger partial charge in [-0.25, -0.2) is 15.2 Å². The summed E-state index contributed by atoms with van der Waals surface area (Å²) in [6, 6.07) is 0. The Labute approximate surface area is 60.8 Å². The zero-order chi connectivity index (χ0) is 7.98. The van der Waals surface area contributed by atoms with Crippen molar-refractivity contribution in [3.8, 4) is 0 Å². The van der Waals surface area contributed by atoms with E-state index in [1.807, 2.05) is 6.92 Å². The Kier molecular flexibility index (Phi) is 4.66. The summed E-state index contributed by atoms with van der Waals surface area (Å²) in [7, 11) is 0. The summed E-state index contributed by atoms with van der Waals surface area (Å²) in [5.41, 5.74) is 2.75. The van der Waals surface area contributed by atoms with Crippen LogP contribution in [0.15, 0.2) is 0 Å². The van der Waals surface area contributed by atoms with E-state index in [4.69, 9.17) is 5.11 Å². The number of hydrazine groups is 1. The molecule has 0 aromatic carbocycles. The van der Waals surface area contributed by atoms with Crippen LogP contribution in [0.1, 0.15) is 20.3 Å². The van der Waals surface area contributed by atoms with Crippen LogP contribution in [0.5, 0.6) is 0 Å². The fourth-order valence-corrected chi connectivity index (χ4v) is 0.561. The SMILES string of the molecule is CCCNN(CC)C(=O)O. The number of nitrogens with zero attached hydrogens (tertiary/aromatic N) is 1. The third kappa shape index (κ3) is 3.29. The van der Waals surface area contributed by atoms with Gasteiger partial charge in [-0.3, -0.25) is 0 Å². The van der Waals surface area contributed by atoms with Crippen molar-refractivity contribution in [2.24, 2.45) is 0 Å². The molecule has 0 saturated carbocycles. The number of nitrogens with one attached hydrogen (secondary N) is 1. The Morgan fingerprint density at radius 1 is 1.60 bits per heavy atom. The highest BCUT2D eigenvalue weighted by Crippen LogP contribution is 1.82. The molecule has 4 nitrogen and oxygen atoms in total. The summed E-state index contributed by atoms with van der Waals surface area (Å²) in [4.78, 5) is 10.3. The molecule has 0 aliphatic rings.